The summed E-state index contributed by atoms with van der Waals surface area (Å²) in [5, 5.41) is 7.59. The van der Waals surface area contributed by atoms with Crippen LogP contribution in [0.1, 0.15) is 202 Å². The summed E-state index contributed by atoms with van der Waals surface area (Å²) in [7, 11) is 0. The van der Waals surface area contributed by atoms with Gasteiger partial charge in [0.25, 0.3) is 0 Å². The SMILES string of the molecule is CCCC1CCC(c2nc3c(N4CCOC(CC(C)(C)[C@H]5CC[C@@H](C6(C)Nc7ccccc7N6CCC(=O)N[C@@H]6CC7CC[C@]6(C)C7(C)C)CC5)C4)cccc3n2CCC(=O)N(CC)C2CCCCC2)CC1. The number of amides is 2. The fourth-order valence-electron chi connectivity index (χ4n) is 16.7. The van der Waals surface area contributed by atoms with E-state index in [1.807, 2.05) is 0 Å². The van der Waals surface area contributed by atoms with Crippen molar-refractivity contribution in [3.8, 4) is 0 Å². The zero-order valence-corrected chi connectivity index (χ0v) is 46.2. The maximum atomic E-state index is 14.0. The highest BCUT2D eigenvalue weighted by atomic mass is 16.5. The van der Waals surface area contributed by atoms with Gasteiger partial charge in [-0.2, -0.15) is 0 Å². The molecule has 0 spiro atoms. The van der Waals surface area contributed by atoms with Crippen molar-refractivity contribution in [3.63, 3.8) is 0 Å². The molecule has 5 atom stereocenters. The molecule has 5 aliphatic carbocycles. The van der Waals surface area contributed by atoms with Crippen LogP contribution in [-0.4, -0.2) is 82.9 Å². The number of aromatic nitrogens is 2. The summed E-state index contributed by atoms with van der Waals surface area (Å²) >= 11 is 0. The molecule has 10 heteroatoms. The van der Waals surface area contributed by atoms with Gasteiger partial charge in [-0.15, -0.1) is 0 Å². The number of morpholine rings is 1. The molecule has 1 aromatic heterocycles. The Kier molecular flexibility index (Phi) is 15.1. The first-order valence-electron chi connectivity index (χ1n) is 29.7. The van der Waals surface area contributed by atoms with Crippen molar-refractivity contribution in [3.05, 3.63) is 48.3 Å². The van der Waals surface area contributed by atoms with Gasteiger partial charge in [0, 0.05) is 69.5 Å². The number of nitrogens with one attached hydrogen (secondary N) is 2. The Labute approximate surface area is 434 Å². The van der Waals surface area contributed by atoms with Crippen LogP contribution < -0.4 is 20.4 Å². The van der Waals surface area contributed by atoms with Crippen molar-refractivity contribution in [1.82, 2.24) is 19.8 Å². The Balaban J connectivity index is 0.791. The van der Waals surface area contributed by atoms with Gasteiger partial charge in [-0.1, -0.05) is 91.8 Å². The van der Waals surface area contributed by atoms with Crippen LogP contribution in [0.4, 0.5) is 17.1 Å². The maximum absolute atomic E-state index is 14.0. The second-order valence-corrected chi connectivity index (χ2v) is 26.1. The van der Waals surface area contributed by atoms with Gasteiger partial charge in [0.2, 0.25) is 11.8 Å². The van der Waals surface area contributed by atoms with E-state index >= 15 is 0 Å². The summed E-state index contributed by atoms with van der Waals surface area (Å²) in [5.74, 6) is 4.80. The molecule has 2 aromatic carbocycles. The van der Waals surface area contributed by atoms with Gasteiger partial charge in [0.05, 0.1) is 35.3 Å². The first-order valence-corrected chi connectivity index (χ1v) is 29.7. The van der Waals surface area contributed by atoms with Gasteiger partial charge >= 0.3 is 0 Å². The first kappa shape index (κ1) is 51.7. The molecule has 10 rings (SSSR count). The third kappa shape index (κ3) is 9.83. The van der Waals surface area contributed by atoms with Crippen molar-refractivity contribution < 1.29 is 14.3 Å². The van der Waals surface area contributed by atoms with E-state index in [0.29, 0.717) is 55.0 Å². The minimum atomic E-state index is -0.241. The summed E-state index contributed by atoms with van der Waals surface area (Å²) < 4.78 is 9.17. The zero-order valence-electron chi connectivity index (χ0n) is 46.2. The van der Waals surface area contributed by atoms with Gasteiger partial charge in [0.1, 0.15) is 17.0 Å². The fourth-order valence-corrected chi connectivity index (χ4v) is 16.7. The van der Waals surface area contributed by atoms with Crippen LogP contribution >= 0.6 is 0 Å². The highest BCUT2D eigenvalue weighted by molar-refractivity contribution is 5.90. The number of para-hydroxylation sites is 3. The van der Waals surface area contributed by atoms with Crippen LogP contribution in [-0.2, 0) is 20.9 Å². The Morgan fingerprint density at radius 3 is 2.31 bits per heavy atom. The minimum absolute atomic E-state index is 0.127. The van der Waals surface area contributed by atoms with Crippen LogP contribution in [0.5, 0.6) is 0 Å². The Morgan fingerprint density at radius 1 is 0.847 bits per heavy atom. The summed E-state index contributed by atoms with van der Waals surface area (Å²) in [6.45, 7) is 23.9. The monoisotopic (exact) mass is 986 g/mol. The number of hydrogen-bond donors (Lipinski definition) is 2. The van der Waals surface area contributed by atoms with E-state index in [2.05, 4.69) is 128 Å². The lowest BCUT2D eigenvalue weighted by Gasteiger charge is -2.48. The lowest BCUT2D eigenvalue weighted by Crippen LogP contribution is -2.56. The van der Waals surface area contributed by atoms with Crippen molar-refractivity contribution in [1.29, 1.82) is 0 Å². The average Bonchev–Trinajstić information content (AvgIpc) is 4.03. The van der Waals surface area contributed by atoms with Crippen molar-refractivity contribution in [2.45, 2.75) is 227 Å². The number of ether oxygens (including phenoxy) is 1. The topological polar surface area (TPSA) is 95.0 Å². The molecule has 72 heavy (non-hydrogen) atoms. The van der Waals surface area contributed by atoms with Crippen molar-refractivity contribution >= 4 is 39.9 Å². The van der Waals surface area contributed by atoms with E-state index in [1.54, 1.807) is 0 Å². The number of carbonyl (C=O) groups is 2. The number of anilines is 3. The van der Waals surface area contributed by atoms with Gasteiger partial charge in [-0.25, -0.2) is 4.98 Å². The number of benzene rings is 2. The molecular weight excluding hydrogens is 891 g/mol. The van der Waals surface area contributed by atoms with E-state index < -0.39 is 0 Å². The summed E-state index contributed by atoms with van der Waals surface area (Å²) in [4.78, 5) is 40.8. The van der Waals surface area contributed by atoms with Gasteiger partial charge in [0.15, 0.2) is 0 Å². The van der Waals surface area contributed by atoms with Crippen LogP contribution in [0.25, 0.3) is 11.0 Å². The summed E-state index contributed by atoms with van der Waals surface area (Å²) in [6, 6.07) is 16.3. The highest BCUT2D eigenvalue weighted by Crippen LogP contribution is 2.65. The Bertz CT molecular complexity index is 2350. The predicted octanol–water partition coefficient (Wildman–Crippen LogP) is 13.5. The molecule has 396 valence electrons. The number of carbonyl (C=O) groups excluding carboxylic acids is 2. The molecule has 2 aliphatic heterocycles. The van der Waals surface area contributed by atoms with E-state index in [4.69, 9.17) is 9.72 Å². The summed E-state index contributed by atoms with van der Waals surface area (Å²) in [6.07, 6.45) is 24.2. The molecule has 2 amide bonds. The third-order valence-electron chi connectivity index (χ3n) is 21.6. The van der Waals surface area contributed by atoms with E-state index in [0.717, 1.165) is 69.9 Å². The third-order valence-corrected chi connectivity index (χ3v) is 21.6. The van der Waals surface area contributed by atoms with E-state index in [1.165, 1.54) is 125 Å². The van der Waals surface area contributed by atoms with Gasteiger partial charge in [-0.05, 0) is 162 Å². The van der Waals surface area contributed by atoms with Crippen LogP contribution in [0.15, 0.2) is 42.5 Å². The highest BCUT2D eigenvalue weighted by Gasteiger charge is 2.61. The molecule has 3 heterocycles. The number of aryl methyl sites for hydroxylation is 1. The Morgan fingerprint density at radius 2 is 1.60 bits per heavy atom. The molecule has 2 N–H and O–H groups in total. The lowest BCUT2D eigenvalue weighted by atomic mass is 9.64. The molecular formula is C62H95N7O3. The van der Waals surface area contributed by atoms with Crippen LogP contribution in [0, 0.1) is 39.9 Å². The van der Waals surface area contributed by atoms with Gasteiger partial charge in [-0.3, -0.25) is 9.59 Å². The number of fused-ring (bicyclic) bond motifs is 4. The molecule has 6 fully saturated rings. The maximum Gasteiger partial charge on any atom is 0.224 e. The standard InChI is InChI=1S/C62H95N7O3/c1-9-17-43-24-26-44(27-25-43)58-64-57-52(22-16-23-53(57)68(58)36-34-56(71)67(10-2)48-18-12-11-13-19-48)66-38-39-72-49(42-66)41-59(3,4)45-28-30-46(31-29-45)62(8)65-50-20-14-15-21-51(50)69(62)37-33-55(70)63-54-40-47-32-35-61(54,7)60(47,5)6/h14-16,20-23,43-49,54,65H,9-13,17-19,24-42H2,1-8H3,(H,63,70)/t43?,44?,45-,46+,47?,49?,54-,61+,62?/m1/s1. The average molecular weight is 986 g/mol. The summed E-state index contributed by atoms with van der Waals surface area (Å²) in [5.41, 5.74) is 6.31. The molecule has 10 nitrogen and oxygen atoms in total. The predicted molar refractivity (Wildman–Crippen MR) is 296 cm³/mol. The van der Waals surface area contributed by atoms with Crippen molar-refractivity contribution in [2.24, 2.45) is 39.9 Å². The fraction of sp³-hybridized carbons (Fsp3) is 0.758. The van der Waals surface area contributed by atoms with Crippen molar-refractivity contribution in [2.75, 3.05) is 47.9 Å². The Hall–Kier alpha value is -3.79. The first-order chi connectivity index (χ1) is 34.6. The molecule has 5 saturated carbocycles. The second kappa shape index (κ2) is 21.1. The number of imidazole rings is 1. The van der Waals surface area contributed by atoms with Gasteiger partial charge < -0.3 is 34.6 Å². The lowest BCUT2D eigenvalue weighted by molar-refractivity contribution is -0.134. The smallest absolute Gasteiger partial charge is 0.224 e. The quantitative estimate of drug-likeness (QED) is 0.139. The second-order valence-electron chi connectivity index (χ2n) is 26.1. The largest absolute Gasteiger partial charge is 0.375 e. The zero-order chi connectivity index (χ0) is 50.4. The minimum Gasteiger partial charge on any atom is -0.375 e. The van der Waals surface area contributed by atoms with Crippen LogP contribution in [0.3, 0.4) is 0 Å². The molecule has 7 aliphatic rings. The van der Waals surface area contributed by atoms with Crippen LogP contribution in [0.2, 0.25) is 0 Å². The normalized spacial score (nSPS) is 31.7. The van der Waals surface area contributed by atoms with E-state index in [-0.39, 0.29) is 40.0 Å². The number of hydrogen-bond acceptors (Lipinski definition) is 7. The molecule has 3 unspecified atom stereocenters. The number of nitrogens with zero attached hydrogens (tertiary/aromatic N) is 5. The molecule has 3 aromatic rings. The molecule has 1 saturated heterocycles. The molecule has 2 bridgehead atoms. The molecule has 0 radical (unpaired) electrons. The number of rotatable bonds is 17. The van der Waals surface area contributed by atoms with E-state index in [9.17, 15) is 9.59 Å².